The van der Waals surface area contributed by atoms with Gasteiger partial charge in [0.2, 0.25) is 6.10 Å². The summed E-state index contributed by atoms with van der Waals surface area (Å²) in [7, 11) is 0. The highest BCUT2D eigenvalue weighted by Gasteiger charge is 2.28. The fraction of sp³-hybridized carbons (Fsp3) is 0.286. The van der Waals surface area contributed by atoms with Crippen molar-refractivity contribution in [3.05, 3.63) is 70.7 Å². The van der Waals surface area contributed by atoms with Crippen LogP contribution >= 0.6 is 11.6 Å². The van der Waals surface area contributed by atoms with Gasteiger partial charge < -0.3 is 15.0 Å². The smallest absolute Gasteiger partial charge is 0.326 e. The normalized spacial score (nSPS) is 11.4. The summed E-state index contributed by atoms with van der Waals surface area (Å²) >= 11 is 5.80. The zero-order chi connectivity index (χ0) is 20.5. The van der Waals surface area contributed by atoms with Crippen LogP contribution in [0, 0.1) is 0 Å². The van der Waals surface area contributed by atoms with Crippen LogP contribution in [0.1, 0.15) is 35.9 Å². The second kappa shape index (κ2) is 10.5. The molecule has 28 heavy (non-hydrogen) atoms. The zero-order valence-electron chi connectivity index (χ0n) is 15.9. The monoisotopic (exact) mass is 402 g/mol. The van der Waals surface area contributed by atoms with E-state index in [1.54, 1.807) is 53.4 Å². The van der Waals surface area contributed by atoms with Crippen LogP contribution in [0.3, 0.4) is 0 Å². The number of likely N-dealkylation sites (N-methyl/N-ethyl adjacent to an activating group) is 1. The Kier molecular flexibility index (Phi) is 8.02. The fourth-order valence-electron chi connectivity index (χ4n) is 2.62. The molecule has 0 aliphatic rings. The van der Waals surface area contributed by atoms with Crippen molar-refractivity contribution < 1.29 is 19.1 Å². The van der Waals surface area contributed by atoms with Crippen molar-refractivity contribution in [2.45, 2.75) is 20.0 Å². The van der Waals surface area contributed by atoms with Gasteiger partial charge in [-0.2, -0.15) is 0 Å². The van der Waals surface area contributed by atoms with Crippen LogP contribution in [0.25, 0.3) is 0 Å². The molecular weight excluding hydrogens is 380 g/mol. The van der Waals surface area contributed by atoms with E-state index in [9.17, 15) is 14.4 Å². The number of amides is 2. The third-order valence-corrected chi connectivity index (χ3v) is 4.40. The molecule has 0 saturated carbocycles. The summed E-state index contributed by atoms with van der Waals surface area (Å²) in [5, 5.41) is 3.00. The summed E-state index contributed by atoms with van der Waals surface area (Å²) in [6, 6.07) is 15.1. The molecule has 0 aliphatic carbocycles. The topological polar surface area (TPSA) is 75.7 Å². The van der Waals surface area contributed by atoms with Gasteiger partial charge in [-0.15, -0.1) is 0 Å². The minimum absolute atomic E-state index is 0.298. The maximum atomic E-state index is 12.8. The van der Waals surface area contributed by atoms with Crippen LogP contribution in [-0.2, 0) is 14.3 Å². The number of halogens is 1. The number of carbonyl (C=O) groups excluding carboxylic acids is 3. The van der Waals surface area contributed by atoms with Crippen LogP contribution in [0.2, 0.25) is 5.02 Å². The van der Waals surface area contributed by atoms with Gasteiger partial charge in [-0.25, -0.2) is 0 Å². The van der Waals surface area contributed by atoms with E-state index in [0.29, 0.717) is 29.2 Å². The van der Waals surface area contributed by atoms with Crippen molar-refractivity contribution in [1.29, 1.82) is 0 Å². The molecule has 6 nitrogen and oxygen atoms in total. The predicted octanol–water partition coefficient (Wildman–Crippen LogP) is 3.22. The van der Waals surface area contributed by atoms with Gasteiger partial charge in [-0.05, 0) is 38.1 Å². The summed E-state index contributed by atoms with van der Waals surface area (Å²) in [6.07, 6.45) is -1.05. The molecule has 1 N–H and O–H groups in total. The van der Waals surface area contributed by atoms with Gasteiger partial charge in [-0.1, -0.05) is 41.9 Å². The molecule has 2 aromatic rings. The Morgan fingerprint density at radius 1 is 1.00 bits per heavy atom. The summed E-state index contributed by atoms with van der Waals surface area (Å²) in [5.41, 5.74) is 0.952. The molecule has 0 aromatic heterocycles. The molecule has 2 aromatic carbocycles. The number of nitrogens with one attached hydrogen (secondary N) is 1. The van der Waals surface area contributed by atoms with E-state index in [-0.39, 0.29) is 12.5 Å². The highest BCUT2D eigenvalue weighted by atomic mass is 35.5. The molecule has 0 aliphatic heterocycles. The quantitative estimate of drug-likeness (QED) is 0.688. The Morgan fingerprint density at radius 2 is 1.61 bits per heavy atom. The lowest BCUT2D eigenvalue weighted by Gasteiger charge is -2.25. The molecule has 2 rings (SSSR count). The molecule has 0 bridgehead atoms. The molecular formula is C21H23ClN2O4. The van der Waals surface area contributed by atoms with Gasteiger partial charge in [0.25, 0.3) is 11.8 Å². The van der Waals surface area contributed by atoms with E-state index in [1.807, 2.05) is 19.9 Å². The average molecular weight is 403 g/mol. The number of rotatable bonds is 8. The maximum Gasteiger partial charge on any atom is 0.326 e. The highest BCUT2D eigenvalue weighted by Crippen LogP contribution is 2.20. The van der Waals surface area contributed by atoms with E-state index < -0.39 is 18.0 Å². The SMILES string of the molecule is CCN(CC)C(=O)[C@@H](OC(=O)CNC(=O)c1ccc(Cl)cc1)c1ccccc1. The van der Waals surface area contributed by atoms with Crippen molar-refractivity contribution in [3.8, 4) is 0 Å². The lowest BCUT2D eigenvalue weighted by molar-refractivity contribution is -0.160. The first-order valence-electron chi connectivity index (χ1n) is 9.03. The van der Waals surface area contributed by atoms with Crippen molar-refractivity contribution >= 4 is 29.4 Å². The fourth-order valence-corrected chi connectivity index (χ4v) is 2.74. The molecule has 7 heteroatoms. The Labute approximate surface area is 169 Å². The van der Waals surface area contributed by atoms with Crippen molar-refractivity contribution in [2.75, 3.05) is 19.6 Å². The number of ether oxygens (including phenoxy) is 1. The van der Waals surface area contributed by atoms with Gasteiger partial charge in [0.1, 0.15) is 6.54 Å². The molecule has 148 valence electrons. The van der Waals surface area contributed by atoms with Gasteiger partial charge in [0.15, 0.2) is 0 Å². The highest BCUT2D eigenvalue weighted by molar-refractivity contribution is 6.30. The third kappa shape index (κ3) is 5.82. The standard InChI is InChI=1S/C21H23ClN2O4/c1-3-24(4-2)21(27)19(15-8-6-5-7-9-15)28-18(25)14-23-20(26)16-10-12-17(22)13-11-16/h5-13,19H,3-4,14H2,1-2H3,(H,23,26)/t19-/m0/s1. The maximum absolute atomic E-state index is 12.8. The lowest BCUT2D eigenvalue weighted by Crippen LogP contribution is -2.38. The van der Waals surface area contributed by atoms with Gasteiger partial charge in [0, 0.05) is 29.2 Å². The minimum atomic E-state index is -1.05. The summed E-state index contributed by atoms with van der Waals surface area (Å²) < 4.78 is 5.42. The molecule has 0 unspecified atom stereocenters. The summed E-state index contributed by atoms with van der Waals surface area (Å²) in [6.45, 7) is 4.37. The second-order valence-electron chi connectivity index (χ2n) is 5.98. The number of carbonyl (C=O) groups is 3. The Bertz CT molecular complexity index is 805. The van der Waals surface area contributed by atoms with E-state index >= 15 is 0 Å². The first kappa shape index (κ1) is 21.4. The first-order chi connectivity index (χ1) is 13.5. The summed E-state index contributed by atoms with van der Waals surface area (Å²) in [4.78, 5) is 38.8. The number of hydrogen-bond acceptors (Lipinski definition) is 4. The largest absolute Gasteiger partial charge is 0.446 e. The van der Waals surface area contributed by atoms with E-state index in [0.717, 1.165) is 0 Å². The predicted molar refractivity (Wildman–Crippen MR) is 107 cm³/mol. The number of nitrogens with zero attached hydrogens (tertiary/aromatic N) is 1. The molecule has 2 amide bonds. The molecule has 0 radical (unpaired) electrons. The lowest BCUT2D eigenvalue weighted by atomic mass is 10.1. The van der Waals surface area contributed by atoms with Gasteiger partial charge in [-0.3, -0.25) is 14.4 Å². The molecule has 0 spiro atoms. The van der Waals surface area contributed by atoms with Crippen LogP contribution in [-0.4, -0.2) is 42.3 Å². The number of esters is 1. The Morgan fingerprint density at radius 3 is 2.18 bits per heavy atom. The van der Waals surface area contributed by atoms with Gasteiger partial charge in [0.05, 0.1) is 0 Å². The average Bonchev–Trinajstić information content (AvgIpc) is 2.72. The molecule has 0 heterocycles. The second-order valence-corrected chi connectivity index (χ2v) is 6.42. The zero-order valence-corrected chi connectivity index (χ0v) is 16.6. The van der Waals surface area contributed by atoms with Crippen LogP contribution in [0.5, 0.6) is 0 Å². The van der Waals surface area contributed by atoms with E-state index in [1.165, 1.54) is 0 Å². The van der Waals surface area contributed by atoms with Crippen LogP contribution in [0.4, 0.5) is 0 Å². The van der Waals surface area contributed by atoms with Crippen molar-refractivity contribution in [2.24, 2.45) is 0 Å². The van der Waals surface area contributed by atoms with Gasteiger partial charge >= 0.3 is 5.97 Å². The van der Waals surface area contributed by atoms with Crippen LogP contribution < -0.4 is 5.32 Å². The summed E-state index contributed by atoms with van der Waals surface area (Å²) in [5.74, 6) is -1.43. The van der Waals surface area contributed by atoms with Crippen molar-refractivity contribution in [3.63, 3.8) is 0 Å². The van der Waals surface area contributed by atoms with Crippen LogP contribution in [0.15, 0.2) is 54.6 Å². The van der Waals surface area contributed by atoms with E-state index in [4.69, 9.17) is 16.3 Å². The molecule has 0 fully saturated rings. The van der Waals surface area contributed by atoms with Crippen molar-refractivity contribution in [1.82, 2.24) is 10.2 Å². The molecule has 0 saturated heterocycles. The number of hydrogen-bond donors (Lipinski definition) is 1. The first-order valence-corrected chi connectivity index (χ1v) is 9.41. The Hall–Kier alpha value is -2.86. The third-order valence-electron chi connectivity index (χ3n) is 4.15. The minimum Gasteiger partial charge on any atom is -0.446 e. The van der Waals surface area contributed by atoms with E-state index in [2.05, 4.69) is 5.32 Å². The molecule has 1 atom stereocenters. The Balaban J connectivity index is 2.04. The number of benzene rings is 2.